The van der Waals surface area contributed by atoms with Gasteiger partial charge in [-0.25, -0.2) is 17.5 Å². The molecule has 0 bridgehead atoms. The lowest BCUT2D eigenvalue weighted by Gasteiger charge is -2.31. The fourth-order valence-electron chi connectivity index (χ4n) is 3.96. The molecule has 0 aliphatic carbocycles. The maximum Gasteiger partial charge on any atom is 0.243 e. The van der Waals surface area contributed by atoms with Crippen molar-refractivity contribution in [1.29, 1.82) is 0 Å². The Morgan fingerprint density at radius 1 is 1.25 bits per heavy atom. The van der Waals surface area contributed by atoms with Gasteiger partial charge in [-0.3, -0.25) is 4.79 Å². The highest BCUT2D eigenvalue weighted by atomic mass is 32.2. The Morgan fingerprint density at radius 2 is 2.03 bits per heavy atom. The number of rotatable bonds is 6. The van der Waals surface area contributed by atoms with E-state index in [2.05, 4.69) is 15.6 Å². The van der Waals surface area contributed by atoms with Gasteiger partial charge >= 0.3 is 0 Å². The molecule has 1 N–H and O–H groups in total. The molecule has 1 aliphatic heterocycles. The number of carbonyl (C=O) groups is 1. The normalized spacial score (nSPS) is 17.7. The Balaban J connectivity index is 1.47. The van der Waals surface area contributed by atoms with Crippen molar-refractivity contribution in [3.63, 3.8) is 0 Å². The number of carbonyl (C=O) groups excluding carboxylic acids is 1. The summed E-state index contributed by atoms with van der Waals surface area (Å²) < 4.78 is 43.4. The van der Waals surface area contributed by atoms with Crippen molar-refractivity contribution in [2.75, 3.05) is 13.1 Å². The maximum atomic E-state index is 13.8. The molecule has 1 amide bonds. The van der Waals surface area contributed by atoms with E-state index >= 15 is 0 Å². The van der Waals surface area contributed by atoms with Crippen molar-refractivity contribution < 1.29 is 17.6 Å². The third-order valence-electron chi connectivity index (χ3n) is 5.74. The highest BCUT2D eigenvalue weighted by Crippen LogP contribution is 2.26. The molecule has 4 rings (SSSR count). The minimum atomic E-state index is -3.79. The maximum absolute atomic E-state index is 13.8. The van der Waals surface area contributed by atoms with Crippen molar-refractivity contribution >= 4 is 27.0 Å². The van der Waals surface area contributed by atoms with Crippen LogP contribution in [0.25, 0.3) is 11.0 Å². The summed E-state index contributed by atoms with van der Waals surface area (Å²) in [4.78, 5) is 12.8. The molecule has 3 aromatic rings. The van der Waals surface area contributed by atoms with Crippen molar-refractivity contribution in [1.82, 2.24) is 24.6 Å². The van der Waals surface area contributed by atoms with Gasteiger partial charge in [0, 0.05) is 31.2 Å². The second kappa shape index (κ2) is 8.95. The fraction of sp³-hybridized carbons (Fsp3) is 0.409. The molecule has 0 saturated carbocycles. The number of nitrogens with zero attached hydrogens (tertiary/aromatic N) is 4. The molecule has 0 spiro atoms. The van der Waals surface area contributed by atoms with E-state index in [0.29, 0.717) is 30.5 Å². The average molecular weight is 460 g/mol. The summed E-state index contributed by atoms with van der Waals surface area (Å²) in [6.45, 7) is 4.45. The number of aromatic nitrogens is 3. The van der Waals surface area contributed by atoms with Crippen molar-refractivity contribution in [2.45, 2.75) is 44.2 Å². The minimum absolute atomic E-state index is 0.0664. The van der Waals surface area contributed by atoms with Crippen LogP contribution in [0.5, 0.6) is 0 Å². The van der Waals surface area contributed by atoms with Gasteiger partial charge in [-0.1, -0.05) is 23.4 Å². The van der Waals surface area contributed by atoms with E-state index in [-0.39, 0.29) is 35.8 Å². The minimum Gasteiger partial charge on any atom is -0.352 e. The number of nitrogens with one attached hydrogen (secondary N) is 1. The number of halogens is 1. The standard InChI is InChI=1S/C22H26FN5O3S/c1-15(2)28-21-10-9-18(12-20(21)25-26-28)32(30,31)27-11-5-7-17(14-27)22(29)24-13-16-6-3-4-8-19(16)23/h3-4,6,8-10,12,15,17H,5,7,11,13-14H2,1-2H3,(H,24,29)/t17-/m1/s1. The van der Waals surface area contributed by atoms with Gasteiger partial charge in [-0.15, -0.1) is 5.10 Å². The molecule has 1 fully saturated rings. The van der Waals surface area contributed by atoms with E-state index in [1.54, 1.807) is 35.0 Å². The molecule has 1 aliphatic rings. The van der Waals surface area contributed by atoms with Gasteiger partial charge < -0.3 is 5.32 Å². The quantitative estimate of drug-likeness (QED) is 0.611. The highest BCUT2D eigenvalue weighted by molar-refractivity contribution is 7.89. The lowest BCUT2D eigenvalue weighted by atomic mass is 9.98. The molecule has 170 valence electrons. The first kappa shape index (κ1) is 22.3. The molecule has 2 aromatic carbocycles. The molecule has 32 heavy (non-hydrogen) atoms. The summed E-state index contributed by atoms with van der Waals surface area (Å²) in [6, 6.07) is 11.1. The molecule has 1 aromatic heterocycles. The first-order valence-corrected chi connectivity index (χ1v) is 12.1. The van der Waals surface area contributed by atoms with Gasteiger partial charge in [0.05, 0.1) is 16.3 Å². The topological polar surface area (TPSA) is 97.2 Å². The van der Waals surface area contributed by atoms with Gasteiger partial charge in [0.15, 0.2) is 0 Å². The SMILES string of the molecule is CC(C)n1nnc2cc(S(=O)(=O)N3CCC[C@@H](C(=O)NCc4ccccc4F)C3)ccc21. The summed E-state index contributed by atoms with van der Waals surface area (Å²) >= 11 is 0. The fourth-order valence-corrected chi connectivity index (χ4v) is 5.50. The van der Waals surface area contributed by atoms with Crippen LogP contribution in [0.4, 0.5) is 4.39 Å². The molecule has 2 heterocycles. The lowest BCUT2D eigenvalue weighted by molar-refractivity contribution is -0.126. The third-order valence-corrected chi connectivity index (χ3v) is 7.60. The molecular formula is C22H26FN5O3S. The Bertz CT molecular complexity index is 1240. The molecule has 10 heteroatoms. The summed E-state index contributed by atoms with van der Waals surface area (Å²) in [5, 5.41) is 10.9. The van der Waals surface area contributed by atoms with Crippen LogP contribution in [-0.2, 0) is 21.4 Å². The molecule has 8 nitrogen and oxygen atoms in total. The molecule has 0 unspecified atom stereocenters. The van der Waals surface area contributed by atoms with Gasteiger partial charge in [0.25, 0.3) is 0 Å². The Hall–Kier alpha value is -2.85. The second-order valence-corrected chi connectivity index (χ2v) is 10.2. The predicted octanol–water partition coefficient (Wildman–Crippen LogP) is 2.87. The number of benzene rings is 2. The molecule has 0 radical (unpaired) electrons. The van der Waals surface area contributed by atoms with E-state index in [0.717, 1.165) is 5.52 Å². The largest absolute Gasteiger partial charge is 0.352 e. The highest BCUT2D eigenvalue weighted by Gasteiger charge is 2.33. The Labute approximate surface area is 186 Å². The molecule has 1 saturated heterocycles. The summed E-state index contributed by atoms with van der Waals surface area (Å²) in [7, 11) is -3.79. The molecular weight excluding hydrogens is 433 g/mol. The second-order valence-electron chi connectivity index (χ2n) is 8.29. The number of sulfonamides is 1. The third kappa shape index (κ3) is 4.37. The van der Waals surface area contributed by atoms with Crippen LogP contribution >= 0.6 is 0 Å². The Morgan fingerprint density at radius 3 is 2.78 bits per heavy atom. The van der Waals surface area contributed by atoms with E-state index in [9.17, 15) is 17.6 Å². The molecule has 1 atom stereocenters. The number of hydrogen-bond donors (Lipinski definition) is 1. The van der Waals surface area contributed by atoms with Crippen LogP contribution in [0.1, 0.15) is 38.3 Å². The summed E-state index contributed by atoms with van der Waals surface area (Å²) in [6.07, 6.45) is 1.15. The van der Waals surface area contributed by atoms with E-state index in [1.165, 1.54) is 16.4 Å². The van der Waals surface area contributed by atoms with Crippen LogP contribution in [0.15, 0.2) is 47.4 Å². The zero-order chi connectivity index (χ0) is 22.9. The van der Waals surface area contributed by atoms with Crippen LogP contribution in [0.2, 0.25) is 0 Å². The van der Waals surface area contributed by atoms with E-state index in [1.807, 2.05) is 13.8 Å². The van der Waals surface area contributed by atoms with Crippen LogP contribution in [0.3, 0.4) is 0 Å². The Kier molecular flexibility index (Phi) is 6.25. The average Bonchev–Trinajstić information content (AvgIpc) is 3.22. The smallest absolute Gasteiger partial charge is 0.243 e. The summed E-state index contributed by atoms with van der Waals surface area (Å²) in [5.41, 5.74) is 1.67. The van der Waals surface area contributed by atoms with E-state index in [4.69, 9.17) is 0 Å². The van der Waals surface area contributed by atoms with E-state index < -0.39 is 15.9 Å². The van der Waals surface area contributed by atoms with Gasteiger partial charge in [-0.2, -0.15) is 4.31 Å². The monoisotopic (exact) mass is 459 g/mol. The number of hydrogen-bond acceptors (Lipinski definition) is 5. The van der Waals surface area contributed by atoms with Crippen molar-refractivity contribution in [3.05, 3.63) is 53.8 Å². The first-order valence-electron chi connectivity index (χ1n) is 10.6. The first-order chi connectivity index (χ1) is 15.3. The van der Waals surface area contributed by atoms with Crippen LogP contribution in [-0.4, -0.2) is 46.7 Å². The number of piperidine rings is 1. The van der Waals surface area contributed by atoms with Crippen LogP contribution < -0.4 is 5.32 Å². The number of amides is 1. The number of fused-ring (bicyclic) bond motifs is 1. The lowest BCUT2D eigenvalue weighted by Crippen LogP contribution is -2.45. The van der Waals surface area contributed by atoms with Gasteiger partial charge in [0.1, 0.15) is 11.3 Å². The van der Waals surface area contributed by atoms with Crippen LogP contribution in [0, 0.1) is 11.7 Å². The predicted molar refractivity (Wildman–Crippen MR) is 118 cm³/mol. The zero-order valence-electron chi connectivity index (χ0n) is 18.0. The van der Waals surface area contributed by atoms with Crippen molar-refractivity contribution in [3.8, 4) is 0 Å². The zero-order valence-corrected chi connectivity index (χ0v) is 18.8. The summed E-state index contributed by atoms with van der Waals surface area (Å²) in [5.74, 6) is -1.15. The van der Waals surface area contributed by atoms with Gasteiger partial charge in [0.2, 0.25) is 15.9 Å². The van der Waals surface area contributed by atoms with Gasteiger partial charge in [-0.05, 0) is 51.0 Å². The van der Waals surface area contributed by atoms with Crippen molar-refractivity contribution in [2.24, 2.45) is 5.92 Å².